The van der Waals surface area contributed by atoms with Crippen molar-refractivity contribution in [2.45, 2.75) is 11.4 Å². The van der Waals surface area contributed by atoms with Crippen molar-refractivity contribution < 1.29 is 8.42 Å². The Morgan fingerprint density at radius 3 is 2.42 bits per heavy atom. The molecule has 0 spiro atoms. The summed E-state index contributed by atoms with van der Waals surface area (Å²) in [6, 6.07) is 13.5. The molecule has 2 aromatic rings. The van der Waals surface area contributed by atoms with Gasteiger partial charge in [0.1, 0.15) is 0 Å². The topological polar surface area (TPSA) is 72.2 Å². The lowest BCUT2D eigenvalue weighted by molar-refractivity contribution is 0.581. The molecule has 2 rings (SSSR count). The first-order chi connectivity index (χ1) is 8.99. The van der Waals surface area contributed by atoms with E-state index in [2.05, 4.69) is 4.72 Å². The summed E-state index contributed by atoms with van der Waals surface area (Å²) < 4.78 is 26.6. The third-order valence-electron chi connectivity index (χ3n) is 2.59. The number of sulfonamides is 1. The van der Waals surface area contributed by atoms with Gasteiger partial charge in [-0.05, 0) is 23.8 Å². The normalized spacial score (nSPS) is 11.4. The van der Waals surface area contributed by atoms with Gasteiger partial charge in [-0.15, -0.1) is 0 Å². The number of hydrogen-bond acceptors (Lipinski definition) is 3. The van der Waals surface area contributed by atoms with Crippen LogP contribution in [-0.2, 0) is 16.6 Å². The zero-order valence-electron chi connectivity index (χ0n) is 10.0. The molecule has 0 aliphatic rings. The average molecular weight is 297 g/mol. The largest absolute Gasteiger partial charge is 0.397 e. The Morgan fingerprint density at radius 2 is 1.79 bits per heavy atom. The second kappa shape index (κ2) is 5.61. The third-order valence-corrected chi connectivity index (χ3v) is 4.33. The SMILES string of the molecule is Nc1cc(S(=O)(=O)NCc2ccccc2)ccc1Cl. The lowest BCUT2D eigenvalue weighted by atomic mass is 10.2. The van der Waals surface area contributed by atoms with E-state index >= 15 is 0 Å². The van der Waals surface area contributed by atoms with E-state index in [1.165, 1.54) is 18.2 Å². The fourth-order valence-corrected chi connectivity index (χ4v) is 2.72. The summed E-state index contributed by atoms with van der Waals surface area (Å²) in [7, 11) is -3.59. The number of nitrogen functional groups attached to an aromatic ring is 1. The number of rotatable bonds is 4. The van der Waals surface area contributed by atoms with E-state index in [0.717, 1.165) is 5.56 Å². The molecule has 0 saturated carbocycles. The van der Waals surface area contributed by atoms with Gasteiger partial charge in [0.2, 0.25) is 10.0 Å². The van der Waals surface area contributed by atoms with Crippen LogP contribution in [0.4, 0.5) is 5.69 Å². The molecule has 6 heteroatoms. The molecule has 3 N–H and O–H groups in total. The molecule has 0 unspecified atom stereocenters. The maximum atomic E-state index is 12.1. The number of nitrogens with two attached hydrogens (primary N) is 1. The van der Waals surface area contributed by atoms with Gasteiger partial charge in [-0.3, -0.25) is 0 Å². The molecule has 0 amide bonds. The van der Waals surface area contributed by atoms with E-state index in [0.29, 0.717) is 5.02 Å². The standard InChI is InChI=1S/C13H13ClN2O2S/c14-12-7-6-11(8-13(12)15)19(17,18)16-9-10-4-2-1-3-5-10/h1-8,16H,9,15H2. The molecular formula is C13H13ClN2O2S. The summed E-state index contributed by atoms with van der Waals surface area (Å²) >= 11 is 5.76. The predicted octanol–water partition coefficient (Wildman–Crippen LogP) is 2.40. The van der Waals surface area contributed by atoms with Crippen LogP contribution in [0.2, 0.25) is 5.02 Å². The van der Waals surface area contributed by atoms with Crippen LogP contribution in [0.15, 0.2) is 53.4 Å². The Morgan fingerprint density at radius 1 is 1.11 bits per heavy atom. The van der Waals surface area contributed by atoms with Crippen LogP contribution >= 0.6 is 11.6 Å². The summed E-state index contributed by atoms with van der Waals surface area (Å²) in [6.45, 7) is 0.228. The molecule has 0 saturated heterocycles. The maximum Gasteiger partial charge on any atom is 0.240 e. The highest BCUT2D eigenvalue weighted by Crippen LogP contribution is 2.22. The molecule has 2 aromatic carbocycles. The van der Waals surface area contributed by atoms with E-state index in [1.807, 2.05) is 30.3 Å². The van der Waals surface area contributed by atoms with Crippen molar-refractivity contribution in [1.29, 1.82) is 0 Å². The molecule has 0 fully saturated rings. The van der Waals surface area contributed by atoms with Gasteiger partial charge in [0.15, 0.2) is 0 Å². The van der Waals surface area contributed by atoms with Gasteiger partial charge >= 0.3 is 0 Å². The van der Waals surface area contributed by atoms with Crippen molar-refractivity contribution >= 4 is 27.3 Å². The lowest BCUT2D eigenvalue weighted by Gasteiger charge is -2.08. The van der Waals surface area contributed by atoms with Gasteiger partial charge < -0.3 is 5.73 Å². The van der Waals surface area contributed by atoms with Gasteiger partial charge in [-0.25, -0.2) is 13.1 Å². The fourth-order valence-electron chi connectivity index (χ4n) is 1.55. The molecule has 0 heterocycles. The van der Waals surface area contributed by atoms with Crippen LogP contribution in [-0.4, -0.2) is 8.42 Å². The van der Waals surface area contributed by atoms with Crippen molar-refractivity contribution in [3.05, 3.63) is 59.1 Å². The number of nitrogens with one attached hydrogen (secondary N) is 1. The van der Waals surface area contributed by atoms with E-state index < -0.39 is 10.0 Å². The summed E-state index contributed by atoms with van der Waals surface area (Å²) in [4.78, 5) is 0.102. The number of anilines is 1. The van der Waals surface area contributed by atoms with Gasteiger partial charge in [0, 0.05) is 6.54 Å². The molecule has 0 aromatic heterocycles. The highest BCUT2D eigenvalue weighted by Gasteiger charge is 2.14. The Balaban J connectivity index is 2.16. The van der Waals surface area contributed by atoms with Gasteiger partial charge in [-0.1, -0.05) is 41.9 Å². The molecule has 19 heavy (non-hydrogen) atoms. The predicted molar refractivity (Wildman–Crippen MR) is 76.3 cm³/mol. The highest BCUT2D eigenvalue weighted by molar-refractivity contribution is 7.89. The molecule has 4 nitrogen and oxygen atoms in total. The maximum absolute atomic E-state index is 12.1. The van der Waals surface area contributed by atoms with Crippen molar-refractivity contribution in [3.63, 3.8) is 0 Å². The van der Waals surface area contributed by atoms with Crippen LogP contribution in [0.1, 0.15) is 5.56 Å². The minimum atomic E-state index is -3.59. The monoisotopic (exact) mass is 296 g/mol. The number of halogens is 1. The van der Waals surface area contributed by atoms with Crippen molar-refractivity contribution in [3.8, 4) is 0 Å². The van der Waals surface area contributed by atoms with E-state index in [-0.39, 0.29) is 17.1 Å². The smallest absolute Gasteiger partial charge is 0.240 e. The van der Waals surface area contributed by atoms with Crippen LogP contribution < -0.4 is 10.5 Å². The fraction of sp³-hybridized carbons (Fsp3) is 0.0769. The van der Waals surface area contributed by atoms with E-state index in [1.54, 1.807) is 0 Å². The first-order valence-corrected chi connectivity index (χ1v) is 7.44. The van der Waals surface area contributed by atoms with Gasteiger partial charge in [0.05, 0.1) is 15.6 Å². The zero-order chi connectivity index (χ0) is 13.9. The first kappa shape index (κ1) is 13.9. The van der Waals surface area contributed by atoms with Crippen LogP contribution in [0.25, 0.3) is 0 Å². The molecular weight excluding hydrogens is 284 g/mol. The van der Waals surface area contributed by atoms with Gasteiger partial charge in [-0.2, -0.15) is 0 Å². The summed E-state index contributed by atoms with van der Waals surface area (Å²) in [5.74, 6) is 0. The Bertz CT molecular complexity index is 672. The molecule has 0 atom stereocenters. The van der Waals surface area contributed by atoms with Crippen LogP contribution in [0.5, 0.6) is 0 Å². The van der Waals surface area contributed by atoms with Gasteiger partial charge in [0.25, 0.3) is 0 Å². The first-order valence-electron chi connectivity index (χ1n) is 5.58. The molecule has 0 aliphatic carbocycles. The average Bonchev–Trinajstić information content (AvgIpc) is 2.41. The number of hydrogen-bond donors (Lipinski definition) is 2. The second-order valence-electron chi connectivity index (χ2n) is 3.99. The molecule has 0 aliphatic heterocycles. The Hall–Kier alpha value is -1.56. The van der Waals surface area contributed by atoms with Crippen molar-refractivity contribution in [1.82, 2.24) is 4.72 Å². The summed E-state index contributed by atoms with van der Waals surface area (Å²) in [6.07, 6.45) is 0. The Labute approximate surface area is 117 Å². The molecule has 100 valence electrons. The Kier molecular flexibility index (Phi) is 4.09. The summed E-state index contributed by atoms with van der Waals surface area (Å²) in [5.41, 5.74) is 6.72. The quantitative estimate of drug-likeness (QED) is 0.851. The molecule has 0 bridgehead atoms. The third kappa shape index (κ3) is 3.47. The van der Waals surface area contributed by atoms with Crippen LogP contribution in [0.3, 0.4) is 0 Å². The minimum absolute atomic E-state index is 0.102. The lowest BCUT2D eigenvalue weighted by Crippen LogP contribution is -2.23. The van der Waals surface area contributed by atoms with E-state index in [4.69, 9.17) is 17.3 Å². The van der Waals surface area contributed by atoms with Crippen molar-refractivity contribution in [2.75, 3.05) is 5.73 Å². The summed E-state index contributed by atoms with van der Waals surface area (Å²) in [5, 5.41) is 0.335. The second-order valence-corrected chi connectivity index (χ2v) is 6.17. The zero-order valence-corrected chi connectivity index (χ0v) is 11.6. The van der Waals surface area contributed by atoms with Crippen molar-refractivity contribution in [2.24, 2.45) is 0 Å². The van der Waals surface area contributed by atoms with E-state index in [9.17, 15) is 8.42 Å². The minimum Gasteiger partial charge on any atom is -0.397 e. The number of benzene rings is 2. The highest BCUT2D eigenvalue weighted by atomic mass is 35.5. The van der Waals surface area contributed by atoms with Crippen LogP contribution in [0, 0.1) is 0 Å². The molecule has 0 radical (unpaired) electrons.